The van der Waals surface area contributed by atoms with Crippen LogP contribution >= 0.6 is 0 Å². The summed E-state index contributed by atoms with van der Waals surface area (Å²) in [7, 11) is 1.86. The van der Waals surface area contributed by atoms with Crippen LogP contribution in [0.3, 0.4) is 0 Å². The quantitative estimate of drug-likeness (QED) is 0.873. The van der Waals surface area contributed by atoms with Gasteiger partial charge in [0.15, 0.2) is 0 Å². The van der Waals surface area contributed by atoms with Crippen LogP contribution in [0.15, 0.2) is 42.6 Å². The number of hydrogen-bond acceptors (Lipinski definition) is 2. The Kier molecular flexibility index (Phi) is 3.83. The minimum absolute atomic E-state index is 0.194. The molecule has 0 aliphatic rings. The van der Waals surface area contributed by atoms with Gasteiger partial charge in [0.2, 0.25) is 0 Å². The lowest BCUT2D eigenvalue weighted by atomic mass is 10.0. The van der Waals surface area contributed by atoms with Crippen molar-refractivity contribution in [2.45, 2.75) is 13.0 Å². The van der Waals surface area contributed by atoms with Gasteiger partial charge in [0, 0.05) is 24.9 Å². The Morgan fingerprint density at radius 2 is 2.06 bits per heavy atom. The zero-order valence-corrected chi connectivity index (χ0v) is 9.78. The van der Waals surface area contributed by atoms with Crippen LogP contribution < -0.4 is 5.32 Å². The molecule has 0 saturated heterocycles. The van der Waals surface area contributed by atoms with Gasteiger partial charge in [0.1, 0.15) is 5.82 Å². The van der Waals surface area contributed by atoms with E-state index in [1.807, 2.05) is 31.3 Å². The fourth-order valence-electron chi connectivity index (χ4n) is 1.82. The van der Waals surface area contributed by atoms with E-state index in [1.165, 1.54) is 6.07 Å². The second-order valence-electron chi connectivity index (χ2n) is 3.94. The van der Waals surface area contributed by atoms with Gasteiger partial charge in [0.25, 0.3) is 0 Å². The Hall–Kier alpha value is -1.74. The number of benzene rings is 1. The first-order valence-electron chi connectivity index (χ1n) is 5.61. The minimum atomic E-state index is -0.194. The summed E-state index contributed by atoms with van der Waals surface area (Å²) >= 11 is 0. The zero-order valence-electron chi connectivity index (χ0n) is 9.78. The number of nitrogens with one attached hydrogen (secondary N) is 1. The number of rotatable bonds is 4. The van der Waals surface area contributed by atoms with Crippen molar-refractivity contribution in [3.05, 3.63) is 65.2 Å². The number of halogens is 1. The van der Waals surface area contributed by atoms with Crippen LogP contribution in [0.2, 0.25) is 0 Å². The Balaban J connectivity index is 2.26. The first kappa shape index (κ1) is 11.7. The summed E-state index contributed by atoms with van der Waals surface area (Å²) in [5, 5.41) is 3.05. The SMILES string of the molecule is CNCc1cc(F)ccc1Cc1ccccn1. The highest BCUT2D eigenvalue weighted by Crippen LogP contribution is 2.14. The molecule has 0 radical (unpaired) electrons. The minimum Gasteiger partial charge on any atom is -0.316 e. The zero-order chi connectivity index (χ0) is 12.1. The molecule has 0 saturated carbocycles. The van der Waals surface area contributed by atoms with Crippen LogP contribution in [0, 0.1) is 5.82 Å². The van der Waals surface area contributed by atoms with Crippen molar-refractivity contribution < 1.29 is 4.39 Å². The van der Waals surface area contributed by atoms with Crippen LogP contribution in [0.4, 0.5) is 4.39 Å². The van der Waals surface area contributed by atoms with Crippen molar-refractivity contribution in [2.24, 2.45) is 0 Å². The van der Waals surface area contributed by atoms with E-state index in [4.69, 9.17) is 0 Å². The molecule has 1 N–H and O–H groups in total. The highest BCUT2D eigenvalue weighted by molar-refractivity contribution is 5.31. The van der Waals surface area contributed by atoms with Gasteiger partial charge in [-0.05, 0) is 42.4 Å². The summed E-state index contributed by atoms with van der Waals surface area (Å²) in [5.41, 5.74) is 3.09. The molecule has 2 rings (SSSR count). The van der Waals surface area contributed by atoms with Crippen molar-refractivity contribution in [1.29, 1.82) is 0 Å². The van der Waals surface area contributed by atoms with E-state index in [9.17, 15) is 4.39 Å². The van der Waals surface area contributed by atoms with Gasteiger partial charge < -0.3 is 5.32 Å². The summed E-state index contributed by atoms with van der Waals surface area (Å²) in [5.74, 6) is -0.194. The van der Waals surface area contributed by atoms with Crippen LogP contribution in [0.1, 0.15) is 16.8 Å². The Bertz CT molecular complexity index is 483. The highest BCUT2D eigenvalue weighted by Gasteiger charge is 2.05. The van der Waals surface area contributed by atoms with E-state index in [0.29, 0.717) is 6.54 Å². The van der Waals surface area contributed by atoms with Crippen LogP contribution in [0.25, 0.3) is 0 Å². The third kappa shape index (κ3) is 3.11. The fraction of sp³-hybridized carbons (Fsp3) is 0.214. The Morgan fingerprint density at radius 3 is 2.76 bits per heavy atom. The van der Waals surface area contributed by atoms with Crippen LogP contribution in [0.5, 0.6) is 0 Å². The van der Waals surface area contributed by atoms with Gasteiger partial charge in [-0.1, -0.05) is 12.1 Å². The molecule has 1 heterocycles. The van der Waals surface area contributed by atoms with E-state index < -0.39 is 0 Å². The smallest absolute Gasteiger partial charge is 0.123 e. The van der Waals surface area contributed by atoms with E-state index in [1.54, 1.807) is 12.3 Å². The third-order valence-electron chi connectivity index (χ3n) is 2.63. The molecule has 0 atom stereocenters. The maximum Gasteiger partial charge on any atom is 0.123 e. The first-order chi connectivity index (χ1) is 8.29. The normalized spacial score (nSPS) is 10.5. The van der Waals surface area contributed by atoms with Crippen LogP contribution in [-0.4, -0.2) is 12.0 Å². The second-order valence-corrected chi connectivity index (χ2v) is 3.94. The molecule has 88 valence electrons. The molecule has 3 heteroatoms. The molecule has 0 bridgehead atoms. The molecule has 0 aliphatic heterocycles. The summed E-state index contributed by atoms with van der Waals surface area (Å²) in [6, 6.07) is 10.7. The molecule has 2 nitrogen and oxygen atoms in total. The van der Waals surface area contributed by atoms with Crippen molar-refractivity contribution in [2.75, 3.05) is 7.05 Å². The summed E-state index contributed by atoms with van der Waals surface area (Å²) in [6.07, 6.45) is 2.51. The van der Waals surface area contributed by atoms with Crippen molar-refractivity contribution in [3.8, 4) is 0 Å². The molecule has 0 spiro atoms. The molecule has 0 unspecified atom stereocenters. The lowest BCUT2D eigenvalue weighted by Gasteiger charge is -2.09. The average Bonchev–Trinajstić information content (AvgIpc) is 2.34. The maximum atomic E-state index is 13.2. The van der Waals surface area contributed by atoms with E-state index in [-0.39, 0.29) is 5.82 Å². The largest absolute Gasteiger partial charge is 0.316 e. The maximum absolute atomic E-state index is 13.2. The lowest BCUT2D eigenvalue weighted by molar-refractivity contribution is 0.622. The highest BCUT2D eigenvalue weighted by atomic mass is 19.1. The van der Waals surface area contributed by atoms with Crippen molar-refractivity contribution >= 4 is 0 Å². The molecule has 1 aromatic carbocycles. The fourth-order valence-corrected chi connectivity index (χ4v) is 1.82. The second kappa shape index (κ2) is 5.55. The third-order valence-corrected chi connectivity index (χ3v) is 2.63. The Morgan fingerprint density at radius 1 is 1.18 bits per heavy atom. The monoisotopic (exact) mass is 230 g/mol. The summed E-state index contributed by atoms with van der Waals surface area (Å²) in [6.45, 7) is 0.667. The summed E-state index contributed by atoms with van der Waals surface area (Å²) in [4.78, 5) is 4.28. The number of hydrogen-bond donors (Lipinski definition) is 1. The van der Waals surface area contributed by atoms with Gasteiger partial charge in [-0.2, -0.15) is 0 Å². The topological polar surface area (TPSA) is 24.9 Å². The molecular formula is C14H15FN2. The van der Waals surface area contributed by atoms with Gasteiger partial charge in [-0.25, -0.2) is 4.39 Å². The molecule has 0 aliphatic carbocycles. The first-order valence-corrected chi connectivity index (χ1v) is 5.61. The van der Waals surface area contributed by atoms with E-state index in [2.05, 4.69) is 10.3 Å². The molecule has 2 aromatic rings. The molecular weight excluding hydrogens is 215 g/mol. The van der Waals surface area contributed by atoms with E-state index >= 15 is 0 Å². The van der Waals surface area contributed by atoms with Crippen molar-refractivity contribution in [3.63, 3.8) is 0 Å². The van der Waals surface area contributed by atoms with E-state index in [0.717, 1.165) is 23.2 Å². The predicted molar refractivity (Wildman–Crippen MR) is 66.2 cm³/mol. The molecule has 1 aromatic heterocycles. The predicted octanol–water partition coefficient (Wildman–Crippen LogP) is 2.53. The van der Waals surface area contributed by atoms with Gasteiger partial charge >= 0.3 is 0 Å². The van der Waals surface area contributed by atoms with Crippen LogP contribution in [-0.2, 0) is 13.0 Å². The standard InChI is InChI=1S/C14H15FN2/c1-16-10-12-8-13(15)6-5-11(12)9-14-4-2-3-7-17-14/h2-8,16H,9-10H2,1H3. The van der Waals surface area contributed by atoms with Crippen molar-refractivity contribution in [1.82, 2.24) is 10.3 Å². The molecule has 0 amide bonds. The molecule has 17 heavy (non-hydrogen) atoms. The Labute approximate surface area is 101 Å². The number of pyridine rings is 1. The molecule has 0 fully saturated rings. The lowest BCUT2D eigenvalue weighted by Crippen LogP contribution is -2.08. The van der Waals surface area contributed by atoms with Gasteiger partial charge in [0.05, 0.1) is 0 Å². The van der Waals surface area contributed by atoms with Gasteiger partial charge in [-0.15, -0.1) is 0 Å². The van der Waals surface area contributed by atoms with Gasteiger partial charge in [-0.3, -0.25) is 4.98 Å². The summed E-state index contributed by atoms with van der Waals surface area (Å²) < 4.78 is 13.2. The number of nitrogens with zero attached hydrogens (tertiary/aromatic N) is 1. The number of aromatic nitrogens is 1. The average molecular weight is 230 g/mol.